The average molecular weight is 306 g/mol. The van der Waals surface area contributed by atoms with Crippen LogP contribution in [0.15, 0.2) is 24.3 Å². The van der Waals surface area contributed by atoms with Gasteiger partial charge in [-0.25, -0.2) is 0 Å². The van der Waals surface area contributed by atoms with E-state index in [1.165, 1.54) is 5.56 Å². The third-order valence-electron chi connectivity index (χ3n) is 4.38. The summed E-state index contributed by atoms with van der Waals surface area (Å²) in [4.78, 5) is 5.01. The highest BCUT2D eigenvalue weighted by Gasteiger charge is 2.28. The Morgan fingerprint density at radius 2 is 1.95 bits per heavy atom. The number of benzene rings is 1. The van der Waals surface area contributed by atoms with Gasteiger partial charge in [-0.3, -0.25) is 9.80 Å². The molecule has 1 saturated heterocycles. The Hall–Kier alpha value is -1.10. The van der Waals surface area contributed by atoms with Crippen LogP contribution in [-0.4, -0.2) is 59.8 Å². The molecule has 1 fully saturated rings. The SMILES string of the molecule is CCOc1ccc(CN2CCN(C(C)C)[C@H](CCO)C2)cc1. The monoisotopic (exact) mass is 306 g/mol. The maximum absolute atomic E-state index is 9.32. The number of rotatable bonds is 7. The van der Waals surface area contributed by atoms with Gasteiger partial charge in [0.15, 0.2) is 0 Å². The van der Waals surface area contributed by atoms with Crippen molar-refractivity contribution in [3.8, 4) is 5.75 Å². The Morgan fingerprint density at radius 1 is 1.23 bits per heavy atom. The van der Waals surface area contributed by atoms with Gasteiger partial charge in [-0.15, -0.1) is 0 Å². The molecule has 0 bridgehead atoms. The Balaban J connectivity index is 1.92. The second-order valence-electron chi connectivity index (χ2n) is 6.31. The molecule has 0 spiro atoms. The minimum absolute atomic E-state index is 0.269. The van der Waals surface area contributed by atoms with Crippen LogP contribution in [0.2, 0.25) is 0 Å². The van der Waals surface area contributed by atoms with E-state index in [-0.39, 0.29) is 6.61 Å². The standard InChI is InChI=1S/C18H30N2O2/c1-4-22-18-7-5-16(6-8-18)13-19-10-11-20(15(2)3)17(14-19)9-12-21/h5-8,15,17,21H,4,9-14H2,1-3H3/t17-/m1/s1. The number of aliphatic hydroxyl groups excluding tert-OH is 1. The van der Waals surface area contributed by atoms with Gasteiger partial charge in [0.05, 0.1) is 6.61 Å². The summed E-state index contributed by atoms with van der Waals surface area (Å²) in [6.07, 6.45) is 0.859. The van der Waals surface area contributed by atoms with Gasteiger partial charge in [0, 0.05) is 44.9 Å². The fraction of sp³-hybridized carbons (Fsp3) is 0.667. The molecule has 0 aromatic heterocycles. The van der Waals surface area contributed by atoms with Crippen LogP contribution in [0.4, 0.5) is 0 Å². The molecule has 4 heteroatoms. The van der Waals surface area contributed by atoms with E-state index in [2.05, 4.69) is 47.9 Å². The van der Waals surface area contributed by atoms with Gasteiger partial charge in [0.25, 0.3) is 0 Å². The molecule has 1 aliphatic rings. The second-order valence-corrected chi connectivity index (χ2v) is 6.31. The van der Waals surface area contributed by atoms with Crippen molar-refractivity contribution in [2.45, 2.75) is 45.8 Å². The number of nitrogens with zero attached hydrogens (tertiary/aromatic N) is 2. The number of piperazine rings is 1. The van der Waals surface area contributed by atoms with E-state index in [0.717, 1.165) is 38.3 Å². The summed E-state index contributed by atoms with van der Waals surface area (Å²) in [5.74, 6) is 0.939. The zero-order chi connectivity index (χ0) is 15.9. The zero-order valence-corrected chi connectivity index (χ0v) is 14.2. The maximum Gasteiger partial charge on any atom is 0.119 e. The van der Waals surface area contributed by atoms with Crippen molar-refractivity contribution in [3.05, 3.63) is 29.8 Å². The lowest BCUT2D eigenvalue weighted by molar-refractivity contribution is 0.0349. The third kappa shape index (κ3) is 4.70. The molecule has 4 nitrogen and oxygen atoms in total. The molecular weight excluding hydrogens is 276 g/mol. The van der Waals surface area contributed by atoms with E-state index in [0.29, 0.717) is 18.7 Å². The van der Waals surface area contributed by atoms with Gasteiger partial charge in [0.2, 0.25) is 0 Å². The summed E-state index contributed by atoms with van der Waals surface area (Å²) in [6, 6.07) is 9.41. The fourth-order valence-electron chi connectivity index (χ4n) is 3.28. The first-order valence-corrected chi connectivity index (χ1v) is 8.44. The van der Waals surface area contributed by atoms with E-state index >= 15 is 0 Å². The van der Waals surface area contributed by atoms with Crippen molar-refractivity contribution >= 4 is 0 Å². The molecule has 0 aliphatic carbocycles. The van der Waals surface area contributed by atoms with Crippen LogP contribution in [0.3, 0.4) is 0 Å². The molecule has 1 heterocycles. The van der Waals surface area contributed by atoms with Gasteiger partial charge in [-0.2, -0.15) is 0 Å². The van der Waals surface area contributed by atoms with Crippen LogP contribution in [-0.2, 0) is 6.54 Å². The van der Waals surface area contributed by atoms with Crippen LogP contribution < -0.4 is 4.74 Å². The van der Waals surface area contributed by atoms with E-state index in [4.69, 9.17) is 4.74 Å². The summed E-state index contributed by atoms with van der Waals surface area (Å²) in [5, 5.41) is 9.32. The third-order valence-corrected chi connectivity index (χ3v) is 4.38. The molecule has 1 N–H and O–H groups in total. The van der Waals surface area contributed by atoms with Crippen molar-refractivity contribution in [2.24, 2.45) is 0 Å². The van der Waals surface area contributed by atoms with E-state index in [1.807, 2.05) is 6.92 Å². The maximum atomic E-state index is 9.32. The summed E-state index contributed by atoms with van der Waals surface area (Å²) >= 11 is 0. The first-order chi connectivity index (χ1) is 10.6. The number of ether oxygens (including phenoxy) is 1. The van der Waals surface area contributed by atoms with Crippen LogP contribution in [0, 0.1) is 0 Å². The molecule has 0 amide bonds. The Morgan fingerprint density at radius 3 is 2.55 bits per heavy atom. The highest BCUT2D eigenvalue weighted by Crippen LogP contribution is 2.19. The summed E-state index contributed by atoms with van der Waals surface area (Å²) in [5.41, 5.74) is 1.32. The molecular formula is C18H30N2O2. The first kappa shape index (κ1) is 17.3. The number of hydrogen-bond acceptors (Lipinski definition) is 4. The fourth-order valence-corrected chi connectivity index (χ4v) is 3.28. The van der Waals surface area contributed by atoms with Gasteiger partial charge in [-0.05, 0) is 44.9 Å². The van der Waals surface area contributed by atoms with Crippen LogP contribution in [0.5, 0.6) is 5.75 Å². The quantitative estimate of drug-likeness (QED) is 0.839. The predicted octanol–water partition coefficient (Wildman–Crippen LogP) is 2.36. The molecule has 1 aliphatic heterocycles. The summed E-state index contributed by atoms with van der Waals surface area (Å²) in [6.45, 7) is 11.6. The molecule has 2 rings (SSSR count). The van der Waals surface area contributed by atoms with Crippen LogP contribution >= 0.6 is 0 Å². The zero-order valence-electron chi connectivity index (χ0n) is 14.2. The minimum Gasteiger partial charge on any atom is -0.494 e. The average Bonchev–Trinajstić information content (AvgIpc) is 2.50. The highest BCUT2D eigenvalue weighted by atomic mass is 16.5. The van der Waals surface area contributed by atoms with E-state index in [1.54, 1.807) is 0 Å². The van der Waals surface area contributed by atoms with Crippen molar-refractivity contribution in [2.75, 3.05) is 32.8 Å². The normalized spacial score (nSPS) is 20.5. The van der Waals surface area contributed by atoms with Gasteiger partial charge < -0.3 is 9.84 Å². The molecule has 0 saturated carbocycles. The smallest absolute Gasteiger partial charge is 0.119 e. The van der Waals surface area contributed by atoms with Gasteiger partial charge >= 0.3 is 0 Å². The molecule has 1 aromatic carbocycles. The minimum atomic E-state index is 0.269. The molecule has 1 aromatic rings. The Kier molecular flexibility index (Phi) is 6.68. The summed E-state index contributed by atoms with van der Waals surface area (Å²) in [7, 11) is 0. The van der Waals surface area contributed by atoms with Crippen LogP contribution in [0.25, 0.3) is 0 Å². The molecule has 0 unspecified atom stereocenters. The molecule has 124 valence electrons. The van der Waals surface area contributed by atoms with Crippen molar-refractivity contribution in [1.82, 2.24) is 9.80 Å². The Labute approximate surface area is 134 Å². The van der Waals surface area contributed by atoms with Gasteiger partial charge in [-0.1, -0.05) is 12.1 Å². The lowest BCUT2D eigenvalue weighted by Gasteiger charge is -2.43. The Bertz CT molecular complexity index is 433. The van der Waals surface area contributed by atoms with E-state index in [9.17, 15) is 5.11 Å². The second kappa shape index (κ2) is 8.51. The predicted molar refractivity (Wildman–Crippen MR) is 90.2 cm³/mol. The number of hydrogen-bond donors (Lipinski definition) is 1. The van der Waals surface area contributed by atoms with Crippen molar-refractivity contribution in [1.29, 1.82) is 0 Å². The van der Waals surface area contributed by atoms with E-state index < -0.39 is 0 Å². The largest absolute Gasteiger partial charge is 0.494 e. The number of aliphatic hydroxyl groups is 1. The molecule has 22 heavy (non-hydrogen) atoms. The van der Waals surface area contributed by atoms with Crippen molar-refractivity contribution < 1.29 is 9.84 Å². The lowest BCUT2D eigenvalue weighted by atomic mass is 10.1. The molecule has 1 atom stereocenters. The molecule has 0 radical (unpaired) electrons. The van der Waals surface area contributed by atoms with Gasteiger partial charge in [0.1, 0.15) is 5.75 Å². The first-order valence-electron chi connectivity index (χ1n) is 8.44. The van der Waals surface area contributed by atoms with Crippen molar-refractivity contribution in [3.63, 3.8) is 0 Å². The lowest BCUT2D eigenvalue weighted by Crippen LogP contribution is -2.55. The highest BCUT2D eigenvalue weighted by molar-refractivity contribution is 5.27. The summed E-state index contributed by atoms with van der Waals surface area (Å²) < 4.78 is 5.49. The topological polar surface area (TPSA) is 35.9 Å². The van der Waals surface area contributed by atoms with Crippen LogP contribution in [0.1, 0.15) is 32.8 Å².